The highest BCUT2D eigenvalue weighted by atomic mass is 16.6. The minimum Gasteiger partial charge on any atom is -0.480 e. The molecule has 0 spiro atoms. The molecule has 1 unspecified atom stereocenters. The number of fused-ring (bicyclic) bond motifs is 1. The van der Waals surface area contributed by atoms with Crippen LogP contribution in [-0.4, -0.2) is 52.3 Å². The van der Waals surface area contributed by atoms with E-state index in [9.17, 15) is 24.3 Å². The molecule has 0 radical (unpaired) electrons. The summed E-state index contributed by atoms with van der Waals surface area (Å²) in [6, 6.07) is 6.52. The van der Waals surface area contributed by atoms with Crippen molar-refractivity contribution in [1.82, 2.24) is 15.6 Å². The van der Waals surface area contributed by atoms with Crippen molar-refractivity contribution in [3.63, 3.8) is 0 Å². The molecule has 0 saturated heterocycles. The highest BCUT2D eigenvalue weighted by Gasteiger charge is 2.37. The summed E-state index contributed by atoms with van der Waals surface area (Å²) in [5.41, 5.74) is 3.12. The quantitative estimate of drug-likeness (QED) is 0.497. The molecule has 1 aliphatic rings. The van der Waals surface area contributed by atoms with Crippen molar-refractivity contribution in [2.45, 2.75) is 46.3 Å². The van der Waals surface area contributed by atoms with Gasteiger partial charge in [-0.05, 0) is 58.4 Å². The fraction of sp³-hybridized carbons (Fsp3) is 0.333. The molecule has 1 aliphatic heterocycles. The third-order valence-corrected chi connectivity index (χ3v) is 5.00. The van der Waals surface area contributed by atoms with E-state index in [2.05, 4.69) is 15.6 Å². The molecule has 1 aromatic carbocycles. The second-order valence-corrected chi connectivity index (χ2v) is 8.99. The lowest BCUT2D eigenvalue weighted by atomic mass is 10.1. The third kappa shape index (κ3) is 5.45. The number of aromatic nitrogens is 1. The molecular weight excluding hydrogens is 440 g/mol. The average Bonchev–Trinajstić information content (AvgIpc) is 3.19. The SMILES string of the molecule is Cc1cc(C)c(/C=C2\C(=O)N(C(=O)NCC(NC(=O)OC(C)(C)C)C(=O)O)c3ccccc32)[nH]1. The maximum absolute atomic E-state index is 13.2. The van der Waals surface area contributed by atoms with Gasteiger partial charge in [-0.25, -0.2) is 19.3 Å². The van der Waals surface area contributed by atoms with E-state index in [1.165, 1.54) is 0 Å². The maximum atomic E-state index is 13.2. The molecule has 10 nitrogen and oxygen atoms in total. The predicted molar refractivity (Wildman–Crippen MR) is 126 cm³/mol. The van der Waals surface area contributed by atoms with Gasteiger partial charge >= 0.3 is 18.1 Å². The molecular formula is C24H28N4O6. The van der Waals surface area contributed by atoms with Crippen molar-refractivity contribution < 1.29 is 29.0 Å². The maximum Gasteiger partial charge on any atom is 0.408 e. The number of alkyl carbamates (subject to hydrolysis) is 1. The number of hydrogen-bond acceptors (Lipinski definition) is 5. The van der Waals surface area contributed by atoms with Crippen LogP contribution >= 0.6 is 0 Å². The van der Waals surface area contributed by atoms with E-state index < -0.39 is 42.2 Å². The molecule has 34 heavy (non-hydrogen) atoms. The van der Waals surface area contributed by atoms with Crippen molar-refractivity contribution >= 4 is 41.3 Å². The first-order valence-corrected chi connectivity index (χ1v) is 10.7. The van der Waals surface area contributed by atoms with E-state index in [1.807, 2.05) is 19.9 Å². The Balaban J connectivity index is 1.79. The fourth-order valence-electron chi connectivity index (χ4n) is 3.54. The Morgan fingerprint density at radius 3 is 2.47 bits per heavy atom. The largest absolute Gasteiger partial charge is 0.480 e. The number of para-hydroxylation sites is 1. The molecule has 180 valence electrons. The van der Waals surface area contributed by atoms with Crippen molar-refractivity contribution in [2.24, 2.45) is 0 Å². The summed E-state index contributed by atoms with van der Waals surface area (Å²) in [6.07, 6.45) is 0.763. The van der Waals surface area contributed by atoms with E-state index >= 15 is 0 Å². The number of aromatic amines is 1. The number of carboxylic acids is 1. The third-order valence-electron chi connectivity index (χ3n) is 5.00. The Bertz CT molecular complexity index is 1170. The van der Waals surface area contributed by atoms with Gasteiger partial charge in [0.15, 0.2) is 0 Å². The number of carbonyl (C=O) groups excluding carboxylic acids is 3. The zero-order chi connectivity index (χ0) is 25.2. The number of ether oxygens (including phenoxy) is 1. The van der Waals surface area contributed by atoms with Crippen molar-refractivity contribution in [1.29, 1.82) is 0 Å². The highest BCUT2D eigenvalue weighted by molar-refractivity contribution is 6.42. The molecule has 0 fully saturated rings. The zero-order valence-electron chi connectivity index (χ0n) is 19.7. The van der Waals surface area contributed by atoms with Gasteiger partial charge in [0.2, 0.25) is 0 Å². The smallest absolute Gasteiger partial charge is 0.408 e. The molecule has 4 N–H and O–H groups in total. The highest BCUT2D eigenvalue weighted by Crippen LogP contribution is 2.37. The molecule has 4 amide bonds. The Hall–Kier alpha value is -4.08. The number of imide groups is 1. The van der Waals surface area contributed by atoms with Crippen molar-refractivity contribution in [3.05, 3.63) is 52.8 Å². The van der Waals surface area contributed by atoms with Gasteiger partial charge in [-0.2, -0.15) is 0 Å². The standard InChI is InChI=1S/C24H28N4O6/c1-13-10-14(2)26-17(13)11-16-15-8-6-7-9-19(15)28(20(16)29)22(32)25-12-18(21(30)31)27-23(33)34-24(3,4)5/h6-11,18,26H,12H2,1-5H3,(H,25,32)(H,27,33)(H,30,31)/b16-11-. The molecule has 0 bridgehead atoms. The second-order valence-electron chi connectivity index (χ2n) is 8.99. The van der Waals surface area contributed by atoms with E-state index in [1.54, 1.807) is 51.1 Å². The van der Waals surface area contributed by atoms with Gasteiger partial charge in [0.05, 0.1) is 17.8 Å². The lowest BCUT2D eigenvalue weighted by molar-refractivity contribution is -0.139. The summed E-state index contributed by atoms with van der Waals surface area (Å²) in [7, 11) is 0. The summed E-state index contributed by atoms with van der Waals surface area (Å²) in [6.45, 7) is 8.29. The fourth-order valence-corrected chi connectivity index (χ4v) is 3.54. The Morgan fingerprint density at radius 1 is 1.21 bits per heavy atom. The lowest BCUT2D eigenvalue weighted by Gasteiger charge is -2.23. The molecule has 1 aromatic heterocycles. The van der Waals surface area contributed by atoms with Crippen LogP contribution in [0.2, 0.25) is 0 Å². The molecule has 0 aliphatic carbocycles. The molecule has 2 aromatic rings. The number of H-pyrrole nitrogens is 1. The number of nitrogens with zero attached hydrogens (tertiary/aromatic N) is 1. The summed E-state index contributed by atoms with van der Waals surface area (Å²) in [5.74, 6) is -1.91. The van der Waals surface area contributed by atoms with E-state index in [-0.39, 0.29) is 0 Å². The van der Waals surface area contributed by atoms with Crippen LogP contribution in [0.15, 0.2) is 30.3 Å². The zero-order valence-corrected chi connectivity index (χ0v) is 19.7. The van der Waals surface area contributed by atoms with Crippen LogP contribution in [0.3, 0.4) is 0 Å². The molecule has 3 rings (SSSR count). The monoisotopic (exact) mass is 468 g/mol. The van der Waals surface area contributed by atoms with Crippen molar-refractivity contribution in [2.75, 3.05) is 11.4 Å². The van der Waals surface area contributed by atoms with Crippen molar-refractivity contribution in [3.8, 4) is 0 Å². The van der Waals surface area contributed by atoms with Crippen LogP contribution in [0.25, 0.3) is 11.6 Å². The first-order valence-electron chi connectivity index (χ1n) is 10.7. The number of carboxylic acid groups (broad SMARTS) is 1. The normalized spacial score (nSPS) is 15.1. The van der Waals surface area contributed by atoms with Crippen LogP contribution in [0, 0.1) is 13.8 Å². The number of amides is 4. The predicted octanol–water partition coefficient (Wildman–Crippen LogP) is 3.21. The van der Waals surface area contributed by atoms with Crippen LogP contribution in [-0.2, 0) is 14.3 Å². The molecule has 10 heteroatoms. The minimum atomic E-state index is -1.45. The summed E-state index contributed by atoms with van der Waals surface area (Å²) >= 11 is 0. The van der Waals surface area contributed by atoms with Gasteiger partial charge in [-0.3, -0.25) is 4.79 Å². The number of aryl methyl sites for hydroxylation is 2. The topological polar surface area (TPSA) is 141 Å². The summed E-state index contributed by atoms with van der Waals surface area (Å²) in [5, 5.41) is 14.1. The molecule has 1 atom stereocenters. The summed E-state index contributed by atoms with van der Waals surface area (Å²) < 4.78 is 5.07. The second kappa shape index (κ2) is 9.42. The molecule has 0 saturated carbocycles. The number of nitrogens with one attached hydrogen (secondary N) is 3. The van der Waals surface area contributed by atoms with Gasteiger partial charge < -0.3 is 25.5 Å². The first-order chi connectivity index (χ1) is 15.9. The summed E-state index contributed by atoms with van der Waals surface area (Å²) in [4.78, 5) is 53.8. The van der Waals surface area contributed by atoms with E-state index in [0.717, 1.165) is 21.9 Å². The van der Waals surface area contributed by atoms with Gasteiger partial charge in [0.1, 0.15) is 11.6 Å². The minimum absolute atomic E-state index is 0.331. The number of carbonyl (C=O) groups is 4. The lowest BCUT2D eigenvalue weighted by Crippen LogP contribution is -2.52. The van der Waals surface area contributed by atoms with Crippen LogP contribution in [0.1, 0.15) is 43.3 Å². The van der Waals surface area contributed by atoms with Gasteiger partial charge in [0.25, 0.3) is 5.91 Å². The van der Waals surface area contributed by atoms with Gasteiger partial charge in [-0.15, -0.1) is 0 Å². The number of hydrogen-bond donors (Lipinski definition) is 4. The first kappa shape index (κ1) is 24.6. The van der Waals surface area contributed by atoms with Crippen LogP contribution < -0.4 is 15.5 Å². The Kier molecular flexibility index (Phi) is 6.80. The Labute approximate surface area is 197 Å². The average molecular weight is 469 g/mol. The number of anilines is 1. The van der Waals surface area contributed by atoms with Crippen LogP contribution in [0.5, 0.6) is 0 Å². The number of aliphatic carboxylic acids is 1. The van der Waals surface area contributed by atoms with E-state index in [0.29, 0.717) is 16.8 Å². The van der Waals surface area contributed by atoms with E-state index in [4.69, 9.17) is 4.74 Å². The Morgan fingerprint density at radius 2 is 1.88 bits per heavy atom. The number of benzene rings is 1. The van der Waals surface area contributed by atoms with Gasteiger partial charge in [-0.1, -0.05) is 18.2 Å². The number of urea groups is 1. The van der Waals surface area contributed by atoms with Crippen LogP contribution in [0.4, 0.5) is 15.3 Å². The molecule has 2 heterocycles. The van der Waals surface area contributed by atoms with Gasteiger partial charge in [0, 0.05) is 17.0 Å². The number of rotatable bonds is 5.